The molecule has 0 atom stereocenters. The number of carbonyl (C=O) groups is 1. The second-order valence-corrected chi connectivity index (χ2v) is 7.97. The van der Waals surface area contributed by atoms with E-state index < -0.39 is 5.97 Å². The van der Waals surface area contributed by atoms with E-state index in [-0.39, 0.29) is 18.0 Å². The molecule has 6 nitrogen and oxygen atoms in total. The molecule has 0 radical (unpaired) electrons. The summed E-state index contributed by atoms with van der Waals surface area (Å²) in [6, 6.07) is 6.05. The van der Waals surface area contributed by atoms with Crippen LogP contribution in [-0.4, -0.2) is 20.9 Å². The van der Waals surface area contributed by atoms with Gasteiger partial charge in [0.15, 0.2) is 0 Å². The highest BCUT2D eigenvalue weighted by Crippen LogP contribution is 2.28. The standard InChI is InChI=1S/C19H14FN3O3S2/c1-9-14-16(24)21-10(2)22-18(14)28-15(9)19(25)26-7-13-8-27-17(23-13)11-3-5-12(20)6-4-11/h3-6,8H,7H2,1-2H3,(H,21,22,24). The van der Waals surface area contributed by atoms with Crippen LogP contribution in [0.3, 0.4) is 0 Å². The highest BCUT2D eigenvalue weighted by Gasteiger charge is 2.20. The van der Waals surface area contributed by atoms with Crippen LogP contribution in [0.5, 0.6) is 0 Å². The average Bonchev–Trinajstić information content (AvgIpc) is 3.25. The fourth-order valence-corrected chi connectivity index (χ4v) is 4.68. The van der Waals surface area contributed by atoms with E-state index in [1.165, 1.54) is 23.5 Å². The van der Waals surface area contributed by atoms with Crippen molar-refractivity contribution in [3.05, 3.63) is 67.8 Å². The minimum absolute atomic E-state index is 0.00697. The number of benzene rings is 1. The minimum atomic E-state index is -0.520. The molecule has 4 aromatic rings. The summed E-state index contributed by atoms with van der Waals surface area (Å²) in [5.41, 5.74) is 1.69. The number of esters is 1. The van der Waals surface area contributed by atoms with Crippen molar-refractivity contribution in [2.24, 2.45) is 0 Å². The maximum Gasteiger partial charge on any atom is 0.349 e. The van der Waals surface area contributed by atoms with Gasteiger partial charge in [-0.3, -0.25) is 4.79 Å². The molecule has 0 saturated carbocycles. The number of aromatic amines is 1. The second kappa shape index (κ2) is 7.25. The molecule has 0 unspecified atom stereocenters. The van der Waals surface area contributed by atoms with Crippen molar-refractivity contribution < 1.29 is 13.9 Å². The summed E-state index contributed by atoms with van der Waals surface area (Å²) < 4.78 is 18.4. The van der Waals surface area contributed by atoms with Crippen LogP contribution in [0.25, 0.3) is 20.8 Å². The number of fused-ring (bicyclic) bond motifs is 1. The Kier molecular flexibility index (Phi) is 4.78. The predicted molar refractivity (Wildman–Crippen MR) is 106 cm³/mol. The van der Waals surface area contributed by atoms with Crippen LogP contribution < -0.4 is 5.56 Å². The summed E-state index contributed by atoms with van der Waals surface area (Å²) in [6.45, 7) is 3.40. The molecule has 0 fully saturated rings. The van der Waals surface area contributed by atoms with Crippen molar-refractivity contribution in [1.29, 1.82) is 0 Å². The Morgan fingerprint density at radius 2 is 1.96 bits per heavy atom. The maximum absolute atomic E-state index is 13.0. The molecule has 1 aromatic carbocycles. The molecule has 0 aliphatic rings. The fraction of sp³-hybridized carbons (Fsp3) is 0.158. The molecule has 9 heteroatoms. The van der Waals surface area contributed by atoms with Crippen molar-refractivity contribution in [2.75, 3.05) is 0 Å². The molecular weight excluding hydrogens is 401 g/mol. The van der Waals surface area contributed by atoms with Gasteiger partial charge in [0.05, 0.1) is 11.1 Å². The molecule has 3 aromatic heterocycles. The van der Waals surface area contributed by atoms with E-state index in [1.54, 1.807) is 31.4 Å². The number of aryl methyl sites for hydroxylation is 2. The van der Waals surface area contributed by atoms with Gasteiger partial charge in [-0.25, -0.2) is 19.2 Å². The summed E-state index contributed by atoms with van der Waals surface area (Å²) in [5, 5.41) is 2.92. The number of thiophene rings is 1. The summed E-state index contributed by atoms with van der Waals surface area (Å²) in [7, 11) is 0. The molecule has 0 spiro atoms. The normalized spacial score (nSPS) is 11.1. The Labute approximate surface area is 166 Å². The molecular formula is C19H14FN3O3S2. The number of hydrogen-bond acceptors (Lipinski definition) is 7. The Morgan fingerprint density at radius 1 is 1.21 bits per heavy atom. The van der Waals surface area contributed by atoms with Gasteiger partial charge < -0.3 is 9.72 Å². The van der Waals surface area contributed by atoms with Crippen LogP contribution >= 0.6 is 22.7 Å². The van der Waals surface area contributed by atoms with Crippen molar-refractivity contribution in [3.63, 3.8) is 0 Å². The van der Waals surface area contributed by atoms with Gasteiger partial charge >= 0.3 is 5.97 Å². The minimum Gasteiger partial charge on any atom is -0.455 e. The molecule has 0 aliphatic carbocycles. The Bertz CT molecular complexity index is 1240. The molecule has 0 amide bonds. The fourth-order valence-electron chi connectivity index (χ4n) is 2.75. The van der Waals surface area contributed by atoms with Crippen LogP contribution in [-0.2, 0) is 11.3 Å². The molecule has 3 heterocycles. The smallest absolute Gasteiger partial charge is 0.349 e. The number of halogens is 1. The van der Waals surface area contributed by atoms with Gasteiger partial charge in [-0.05, 0) is 43.7 Å². The Morgan fingerprint density at radius 3 is 2.71 bits per heavy atom. The van der Waals surface area contributed by atoms with Gasteiger partial charge in [-0.15, -0.1) is 22.7 Å². The first-order chi connectivity index (χ1) is 13.4. The lowest BCUT2D eigenvalue weighted by molar-refractivity contribution is 0.0473. The van der Waals surface area contributed by atoms with E-state index in [0.29, 0.717) is 32.2 Å². The molecule has 4 rings (SSSR count). The lowest BCUT2D eigenvalue weighted by Gasteiger charge is -2.01. The average molecular weight is 415 g/mol. The third-order valence-corrected chi connectivity index (χ3v) is 6.20. The van der Waals surface area contributed by atoms with Gasteiger partial charge in [0, 0.05) is 10.9 Å². The quantitative estimate of drug-likeness (QED) is 0.505. The van der Waals surface area contributed by atoms with E-state index in [0.717, 1.165) is 21.9 Å². The number of aromatic nitrogens is 3. The van der Waals surface area contributed by atoms with Crippen LogP contribution in [0, 0.1) is 19.7 Å². The van der Waals surface area contributed by atoms with E-state index in [1.807, 2.05) is 0 Å². The number of thiazole rings is 1. The van der Waals surface area contributed by atoms with Crippen molar-refractivity contribution in [1.82, 2.24) is 15.0 Å². The summed E-state index contributed by atoms with van der Waals surface area (Å²) >= 11 is 2.53. The van der Waals surface area contributed by atoms with Crippen molar-refractivity contribution in [2.45, 2.75) is 20.5 Å². The highest BCUT2D eigenvalue weighted by molar-refractivity contribution is 7.20. The SMILES string of the molecule is Cc1nc2sc(C(=O)OCc3csc(-c4ccc(F)cc4)n3)c(C)c2c(=O)[nH]1. The molecule has 0 bridgehead atoms. The zero-order valence-electron chi connectivity index (χ0n) is 14.9. The number of nitrogens with zero attached hydrogens (tertiary/aromatic N) is 2. The first kappa shape index (κ1) is 18.5. The number of ether oxygens (including phenoxy) is 1. The lowest BCUT2D eigenvalue weighted by Crippen LogP contribution is -2.10. The summed E-state index contributed by atoms with van der Waals surface area (Å²) in [6.07, 6.45) is 0. The van der Waals surface area contributed by atoms with E-state index in [9.17, 15) is 14.0 Å². The topological polar surface area (TPSA) is 84.9 Å². The number of hydrogen-bond donors (Lipinski definition) is 1. The van der Waals surface area contributed by atoms with Gasteiger partial charge in [-0.2, -0.15) is 0 Å². The predicted octanol–water partition coefficient (Wildman–Crippen LogP) is 4.22. The zero-order valence-corrected chi connectivity index (χ0v) is 16.5. The van der Waals surface area contributed by atoms with Gasteiger partial charge in [0.2, 0.25) is 0 Å². The van der Waals surface area contributed by atoms with E-state index in [4.69, 9.17) is 4.74 Å². The highest BCUT2D eigenvalue weighted by atomic mass is 32.1. The van der Waals surface area contributed by atoms with E-state index in [2.05, 4.69) is 15.0 Å². The zero-order chi connectivity index (χ0) is 19.8. The summed E-state index contributed by atoms with van der Waals surface area (Å²) in [4.78, 5) is 36.8. The second-order valence-electron chi connectivity index (χ2n) is 6.11. The van der Waals surface area contributed by atoms with Crippen LogP contribution in [0.1, 0.15) is 26.8 Å². The first-order valence-corrected chi connectivity index (χ1v) is 9.99. The first-order valence-electron chi connectivity index (χ1n) is 8.30. The number of H-pyrrole nitrogens is 1. The van der Waals surface area contributed by atoms with Crippen molar-refractivity contribution >= 4 is 38.9 Å². The van der Waals surface area contributed by atoms with Gasteiger partial charge in [-0.1, -0.05) is 0 Å². The van der Waals surface area contributed by atoms with Crippen LogP contribution in [0.2, 0.25) is 0 Å². The molecule has 1 N–H and O–H groups in total. The maximum atomic E-state index is 13.0. The van der Waals surface area contributed by atoms with Gasteiger partial charge in [0.1, 0.15) is 33.0 Å². The van der Waals surface area contributed by atoms with Crippen LogP contribution in [0.15, 0.2) is 34.4 Å². The largest absolute Gasteiger partial charge is 0.455 e. The third-order valence-electron chi connectivity index (χ3n) is 4.10. The summed E-state index contributed by atoms with van der Waals surface area (Å²) in [5.74, 6) is -0.333. The monoisotopic (exact) mass is 415 g/mol. The molecule has 142 valence electrons. The van der Waals surface area contributed by atoms with Crippen molar-refractivity contribution in [3.8, 4) is 10.6 Å². The lowest BCUT2D eigenvalue weighted by atomic mass is 10.2. The van der Waals surface area contributed by atoms with Crippen LogP contribution in [0.4, 0.5) is 4.39 Å². The number of carbonyl (C=O) groups excluding carboxylic acids is 1. The molecule has 0 aliphatic heterocycles. The molecule has 28 heavy (non-hydrogen) atoms. The number of nitrogens with one attached hydrogen (secondary N) is 1. The van der Waals surface area contributed by atoms with E-state index >= 15 is 0 Å². The van der Waals surface area contributed by atoms with Gasteiger partial charge in [0.25, 0.3) is 5.56 Å². The Balaban J connectivity index is 1.51. The number of rotatable bonds is 4. The third kappa shape index (κ3) is 3.46. The molecule has 0 saturated heterocycles. The Hall–Kier alpha value is -2.91.